The highest BCUT2D eigenvalue weighted by Gasteiger charge is 2.27. The van der Waals surface area contributed by atoms with E-state index in [1.807, 2.05) is 50.3 Å². The minimum atomic E-state index is -0.435. The molecule has 0 bridgehead atoms. The van der Waals surface area contributed by atoms with Crippen molar-refractivity contribution in [1.29, 1.82) is 0 Å². The van der Waals surface area contributed by atoms with Crippen LogP contribution in [0.4, 0.5) is 0 Å². The number of benzene rings is 3. The van der Waals surface area contributed by atoms with Crippen molar-refractivity contribution in [2.75, 3.05) is 13.2 Å². The van der Waals surface area contributed by atoms with Gasteiger partial charge in [0.05, 0.1) is 46.1 Å². The van der Waals surface area contributed by atoms with Crippen LogP contribution >= 0.6 is 0 Å². The number of rotatable bonds is 20. The molecule has 1 atom stereocenters. The zero-order valence-electron chi connectivity index (χ0n) is 38.3. The summed E-state index contributed by atoms with van der Waals surface area (Å²) in [5, 5.41) is 2.07. The van der Waals surface area contributed by atoms with E-state index >= 15 is 0 Å². The first-order valence-electron chi connectivity index (χ1n) is 22.8. The second kappa shape index (κ2) is 22.4. The number of carbonyl (C=O) groups excluding carboxylic acids is 3. The summed E-state index contributed by atoms with van der Waals surface area (Å²) in [7, 11) is 2.07. The molecule has 0 N–H and O–H groups in total. The Morgan fingerprint density at radius 3 is 2.19 bits per heavy atom. The summed E-state index contributed by atoms with van der Waals surface area (Å²) in [5.41, 5.74) is 9.01. The van der Waals surface area contributed by atoms with Crippen LogP contribution in [0.5, 0.6) is 0 Å². The Labute approximate surface area is 372 Å². The molecule has 3 aromatic carbocycles. The van der Waals surface area contributed by atoms with Crippen LogP contribution in [0.25, 0.3) is 45.7 Å². The topological polar surface area (TPSA) is 115 Å². The van der Waals surface area contributed by atoms with Gasteiger partial charge in [-0.15, -0.1) is 0 Å². The van der Waals surface area contributed by atoms with Crippen LogP contribution in [0.1, 0.15) is 126 Å². The fraction of sp³-hybridized carbons (Fsp3) is 0.415. The molecule has 1 unspecified atom stereocenters. The molecule has 63 heavy (non-hydrogen) atoms. The Bertz CT molecular complexity index is 2590. The number of hydrogen-bond donors (Lipinski definition) is 0. The Kier molecular flexibility index (Phi) is 16.5. The van der Waals surface area contributed by atoms with Gasteiger partial charge < -0.3 is 23.3 Å². The van der Waals surface area contributed by atoms with Crippen LogP contribution < -0.4 is 10.7 Å². The lowest BCUT2D eigenvalue weighted by molar-refractivity contribution is -0.146. The lowest BCUT2D eigenvalue weighted by atomic mass is 9.91. The Hall–Kier alpha value is -6.03. The van der Waals surface area contributed by atoms with Gasteiger partial charge in [-0.3, -0.25) is 4.79 Å². The summed E-state index contributed by atoms with van der Waals surface area (Å²) < 4.78 is 21.5. The number of allylic oxidation sites excluding steroid dienone is 2. The van der Waals surface area contributed by atoms with Gasteiger partial charge in [0.25, 0.3) is 0 Å². The molecule has 1 aliphatic rings. The predicted molar refractivity (Wildman–Crippen MR) is 251 cm³/mol. The standard InChI is InChI=1S/C53H64N4O6/c1-8-12-26-48(63-37(6)58)42-23-16-18-25-44(42)53(60)62-32-20-14-13-19-31-61-52(59)43-24-17-15-22-41(43)39-29-27-38(28-30-39)35-57-47-34-40(33-36(5)50(47)55-49(57)21-9-2)51-54-45(10-3)46(11-4)56(51)7/h10-11,15,17,22-25,27-30,33-34,48H,8-9,12-14,16,18-21,26,31-32,35H2,1-7H3/b45-10+,46-11+. The van der Waals surface area contributed by atoms with Crippen molar-refractivity contribution in [3.63, 3.8) is 0 Å². The number of nitrogens with zero attached hydrogens (tertiary/aromatic N) is 4. The summed E-state index contributed by atoms with van der Waals surface area (Å²) in [6, 6.07) is 20.4. The second-order valence-corrected chi connectivity index (χ2v) is 16.4. The smallest absolute Gasteiger partial charge is 0.338 e. The third-order valence-corrected chi connectivity index (χ3v) is 11.7. The number of imidazole rings is 2. The van der Waals surface area contributed by atoms with E-state index in [9.17, 15) is 14.4 Å². The molecule has 6 rings (SSSR count). The van der Waals surface area contributed by atoms with Crippen molar-refractivity contribution < 1.29 is 28.6 Å². The first-order chi connectivity index (χ1) is 30.6. The monoisotopic (exact) mass is 852 g/mol. The molecule has 332 valence electrons. The molecular formula is C53H64N4O6. The molecule has 0 fully saturated rings. The molecule has 1 aliphatic carbocycles. The second-order valence-electron chi connectivity index (χ2n) is 16.4. The molecule has 0 saturated carbocycles. The maximum atomic E-state index is 13.4. The Morgan fingerprint density at radius 2 is 1.52 bits per heavy atom. The largest absolute Gasteiger partial charge is 0.462 e. The van der Waals surface area contributed by atoms with Gasteiger partial charge in [-0.1, -0.05) is 87.0 Å². The third-order valence-electron chi connectivity index (χ3n) is 11.7. The fourth-order valence-corrected chi connectivity index (χ4v) is 8.50. The van der Waals surface area contributed by atoms with Gasteiger partial charge in [-0.25, -0.2) is 19.6 Å². The molecule has 0 amide bonds. The van der Waals surface area contributed by atoms with E-state index in [1.165, 1.54) is 6.92 Å². The van der Waals surface area contributed by atoms with Crippen LogP contribution in [0.3, 0.4) is 0 Å². The maximum Gasteiger partial charge on any atom is 0.338 e. The molecule has 2 heterocycles. The van der Waals surface area contributed by atoms with Gasteiger partial charge in [0.2, 0.25) is 0 Å². The minimum absolute atomic E-state index is 0.297. The van der Waals surface area contributed by atoms with Crippen molar-refractivity contribution in [2.24, 2.45) is 7.05 Å². The average molecular weight is 853 g/mol. The van der Waals surface area contributed by atoms with E-state index in [-0.39, 0.29) is 17.9 Å². The van der Waals surface area contributed by atoms with Gasteiger partial charge in [0.15, 0.2) is 0 Å². The lowest BCUT2D eigenvalue weighted by Crippen LogP contribution is -2.28. The number of esters is 3. The van der Waals surface area contributed by atoms with Crippen LogP contribution in [0.15, 0.2) is 84.0 Å². The van der Waals surface area contributed by atoms with Crippen molar-refractivity contribution in [3.8, 4) is 22.5 Å². The van der Waals surface area contributed by atoms with E-state index in [2.05, 4.69) is 85.5 Å². The van der Waals surface area contributed by atoms with Crippen molar-refractivity contribution in [1.82, 2.24) is 19.1 Å². The first kappa shape index (κ1) is 46.5. The van der Waals surface area contributed by atoms with E-state index in [1.54, 1.807) is 0 Å². The third kappa shape index (κ3) is 11.3. The SMILES string of the molecule is C/C=c1/nc(-c2cc(C)c3nc(CCC)n(Cc4ccc(-c5ccccc5C(=O)OCCCCCCOC(=O)C5=CCCC=C5C(CCCC)OC(C)=O)cc4)c3c2)n(C)/c1=C/C. The summed E-state index contributed by atoms with van der Waals surface area (Å²) in [4.78, 5) is 48.4. The van der Waals surface area contributed by atoms with E-state index in [4.69, 9.17) is 24.2 Å². The summed E-state index contributed by atoms with van der Waals surface area (Å²) in [6.45, 7) is 13.1. The average Bonchev–Trinajstić information content (AvgIpc) is 3.81. The molecule has 0 aliphatic heterocycles. The zero-order chi connectivity index (χ0) is 44.9. The molecule has 0 radical (unpaired) electrons. The highest BCUT2D eigenvalue weighted by Crippen LogP contribution is 2.31. The van der Waals surface area contributed by atoms with Crippen LogP contribution in [-0.2, 0) is 43.8 Å². The Morgan fingerprint density at radius 1 is 0.810 bits per heavy atom. The minimum Gasteiger partial charge on any atom is -0.462 e. The summed E-state index contributed by atoms with van der Waals surface area (Å²) >= 11 is 0. The number of hydrogen-bond acceptors (Lipinski definition) is 8. The van der Waals surface area contributed by atoms with Crippen molar-refractivity contribution in [2.45, 2.75) is 125 Å². The first-order valence-corrected chi connectivity index (χ1v) is 22.8. The molecular weight excluding hydrogens is 789 g/mol. The molecule has 10 nitrogen and oxygen atoms in total. The highest BCUT2D eigenvalue weighted by atomic mass is 16.5. The molecule has 5 aromatic rings. The molecule has 10 heteroatoms. The van der Waals surface area contributed by atoms with Crippen LogP contribution in [-0.4, -0.2) is 56.3 Å². The normalized spacial score (nSPS) is 13.8. The quantitative estimate of drug-likeness (QED) is 0.0432. The van der Waals surface area contributed by atoms with E-state index in [0.29, 0.717) is 50.2 Å². The lowest BCUT2D eigenvalue weighted by Gasteiger charge is -2.24. The zero-order valence-corrected chi connectivity index (χ0v) is 38.3. The molecule has 0 saturated heterocycles. The predicted octanol–water partition coefficient (Wildman–Crippen LogP) is 10.0. The van der Waals surface area contributed by atoms with Crippen molar-refractivity contribution >= 4 is 41.1 Å². The Balaban J connectivity index is 1.03. The van der Waals surface area contributed by atoms with Crippen molar-refractivity contribution in [3.05, 3.63) is 117 Å². The number of aryl methyl sites for hydroxylation is 2. The van der Waals surface area contributed by atoms with Gasteiger partial charge in [0, 0.05) is 38.1 Å². The number of ether oxygens (including phenoxy) is 3. The number of unbranched alkanes of at least 4 members (excludes halogenated alkanes) is 4. The molecule has 2 aromatic heterocycles. The van der Waals surface area contributed by atoms with E-state index in [0.717, 1.165) is 118 Å². The highest BCUT2D eigenvalue weighted by molar-refractivity contribution is 5.97. The summed E-state index contributed by atoms with van der Waals surface area (Å²) in [6.07, 6.45) is 16.7. The van der Waals surface area contributed by atoms with Gasteiger partial charge in [-0.05, 0) is 119 Å². The number of carbonyl (C=O) groups is 3. The number of fused-ring (bicyclic) bond motifs is 1. The summed E-state index contributed by atoms with van der Waals surface area (Å²) in [5.74, 6) is 0.921. The van der Waals surface area contributed by atoms with Gasteiger partial charge in [0.1, 0.15) is 17.8 Å². The van der Waals surface area contributed by atoms with Crippen LogP contribution in [0.2, 0.25) is 0 Å². The van der Waals surface area contributed by atoms with Crippen LogP contribution in [0, 0.1) is 6.92 Å². The van der Waals surface area contributed by atoms with E-state index < -0.39 is 6.10 Å². The van der Waals surface area contributed by atoms with Gasteiger partial charge in [-0.2, -0.15) is 0 Å². The molecule has 0 spiro atoms. The number of aromatic nitrogens is 4. The fourth-order valence-electron chi connectivity index (χ4n) is 8.50. The maximum absolute atomic E-state index is 13.4. The van der Waals surface area contributed by atoms with Gasteiger partial charge >= 0.3 is 17.9 Å².